The van der Waals surface area contributed by atoms with Gasteiger partial charge >= 0.3 is 6.18 Å². The predicted molar refractivity (Wildman–Crippen MR) is 120 cm³/mol. The van der Waals surface area contributed by atoms with Crippen molar-refractivity contribution in [2.75, 3.05) is 38.1 Å². The summed E-state index contributed by atoms with van der Waals surface area (Å²) >= 11 is 0. The predicted octanol–water partition coefficient (Wildman–Crippen LogP) is 5.87. The summed E-state index contributed by atoms with van der Waals surface area (Å²) in [5.74, 6) is 0.353. The van der Waals surface area contributed by atoms with Gasteiger partial charge in [0.25, 0.3) is 0 Å². The lowest BCUT2D eigenvalue weighted by molar-refractivity contribution is -0.141. The molecule has 31 heavy (non-hydrogen) atoms. The highest BCUT2D eigenvalue weighted by Crippen LogP contribution is 2.30. The van der Waals surface area contributed by atoms with Gasteiger partial charge in [0.1, 0.15) is 11.5 Å². The Morgan fingerprint density at radius 2 is 1.77 bits per heavy atom. The van der Waals surface area contributed by atoms with Crippen molar-refractivity contribution in [3.8, 4) is 0 Å². The Balaban J connectivity index is 1.32. The molecule has 0 saturated carbocycles. The second-order valence-corrected chi connectivity index (χ2v) is 7.96. The van der Waals surface area contributed by atoms with Crippen molar-refractivity contribution in [1.29, 1.82) is 0 Å². The van der Waals surface area contributed by atoms with Crippen LogP contribution in [0.15, 0.2) is 66.7 Å². The summed E-state index contributed by atoms with van der Waals surface area (Å²) in [5, 5.41) is 2.55. The molecule has 0 N–H and O–H groups in total. The number of anilines is 1. The molecule has 162 valence electrons. The van der Waals surface area contributed by atoms with Gasteiger partial charge in [-0.05, 0) is 46.9 Å². The number of hydrogen-bond acceptors (Lipinski definition) is 3. The Hall–Kier alpha value is -2.86. The first kappa shape index (κ1) is 21.4. The summed E-state index contributed by atoms with van der Waals surface area (Å²) in [4.78, 5) is 7.93. The molecule has 6 heteroatoms. The van der Waals surface area contributed by atoms with E-state index in [9.17, 15) is 13.2 Å². The summed E-state index contributed by atoms with van der Waals surface area (Å²) < 4.78 is 38.6. The quantitative estimate of drug-likeness (QED) is 0.492. The molecule has 0 fully saturated rings. The minimum atomic E-state index is -4.42. The largest absolute Gasteiger partial charge is 0.433 e. The van der Waals surface area contributed by atoms with Crippen molar-refractivity contribution in [3.63, 3.8) is 0 Å². The first-order valence-electron chi connectivity index (χ1n) is 10.6. The normalized spacial score (nSPS) is 15.2. The van der Waals surface area contributed by atoms with E-state index in [0.717, 1.165) is 38.5 Å². The number of halogens is 3. The number of hydrogen-bond donors (Lipinski definition) is 0. The van der Waals surface area contributed by atoms with Gasteiger partial charge in [-0.3, -0.25) is 4.90 Å². The molecule has 3 aromatic rings. The third-order valence-corrected chi connectivity index (χ3v) is 5.81. The van der Waals surface area contributed by atoms with Crippen molar-refractivity contribution < 1.29 is 13.2 Å². The lowest BCUT2D eigenvalue weighted by atomic mass is 9.94. The van der Waals surface area contributed by atoms with Crippen LogP contribution in [-0.4, -0.2) is 43.1 Å². The minimum absolute atomic E-state index is 0.353. The topological polar surface area (TPSA) is 19.4 Å². The molecule has 0 unspecified atom stereocenters. The number of pyridine rings is 1. The molecule has 0 amide bonds. The number of benzene rings is 2. The molecule has 1 aromatic heterocycles. The lowest BCUT2D eigenvalue weighted by Gasteiger charge is -2.28. The second-order valence-electron chi connectivity index (χ2n) is 7.96. The van der Waals surface area contributed by atoms with Crippen molar-refractivity contribution in [3.05, 3.63) is 78.0 Å². The van der Waals surface area contributed by atoms with E-state index in [1.165, 1.54) is 28.0 Å². The van der Waals surface area contributed by atoms with Crippen LogP contribution in [0.2, 0.25) is 0 Å². The molecule has 0 atom stereocenters. The zero-order valence-corrected chi connectivity index (χ0v) is 17.6. The summed E-state index contributed by atoms with van der Waals surface area (Å²) in [6, 6.07) is 19.0. The van der Waals surface area contributed by atoms with Crippen molar-refractivity contribution in [2.45, 2.75) is 19.0 Å². The van der Waals surface area contributed by atoms with Gasteiger partial charge in [0.15, 0.2) is 0 Å². The zero-order chi connectivity index (χ0) is 21.8. The van der Waals surface area contributed by atoms with Crippen LogP contribution in [0.4, 0.5) is 19.0 Å². The van der Waals surface area contributed by atoms with Gasteiger partial charge in [0.2, 0.25) is 0 Å². The van der Waals surface area contributed by atoms with E-state index in [1.54, 1.807) is 18.0 Å². The fourth-order valence-corrected chi connectivity index (χ4v) is 4.10. The summed E-state index contributed by atoms with van der Waals surface area (Å²) in [6.45, 7) is 3.44. The third kappa shape index (κ3) is 5.07. The summed E-state index contributed by atoms with van der Waals surface area (Å²) in [5.41, 5.74) is 1.85. The van der Waals surface area contributed by atoms with Crippen LogP contribution in [0.25, 0.3) is 16.3 Å². The molecule has 3 nitrogen and oxygen atoms in total. The molecule has 0 saturated heterocycles. The molecule has 0 bridgehead atoms. The van der Waals surface area contributed by atoms with Crippen LogP contribution in [-0.2, 0) is 6.18 Å². The van der Waals surface area contributed by atoms with Gasteiger partial charge in [-0.15, -0.1) is 0 Å². The van der Waals surface area contributed by atoms with Gasteiger partial charge in [-0.2, -0.15) is 13.2 Å². The molecular weight excluding hydrogens is 399 g/mol. The van der Waals surface area contributed by atoms with Crippen molar-refractivity contribution >= 4 is 22.2 Å². The smallest absolute Gasteiger partial charge is 0.360 e. The van der Waals surface area contributed by atoms with Crippen molar-refractivity contribution in [1.82, 2.24) is 9.88 Å². The Labute approximate surface area is 180 Å². The fourth-order valence-electron chi connectivity index (χ4n) is 4.10. The average molecular weight is 425 g/mol. The standard InChI is InChI=1S/C25H26F3N3/c1-30(24-12-5-11-23(29-24)25(26,27)28)15-6-16-31-17-13-20(14-18-31)22-10-4-8-19-7-2-3-9-21(19)22/h2-5,7-13H,6,14-18H2,1H3. The molecule has 0 radical (unpaired) electrons. The SMILES string of the molecule is CN(CCCN1CC=C(c2cccc3ccccc23)CC1)c1cccc(C(F)(F)F)n1. The molecular formula is C25H26F3N3. The van der Waals surface area contributed by atoms with E-state index in [0.29, 0.717) is 12.4 Å². The molecule has 0 aliphatic carbocycles. The maximum absolute atomic E-state index is 12.9. The Bertz CT molecular complexity index is 1070. The highest BCUT2D eigenvalue weighted by molar-refractivity contribution is 5.94. The van der Waals surface area contributed by atoms with Crippen LogP contribution in [0.1, 0.15) is 24.1 Å². The first-order valence-corrected chi connectivity index (χ1v) is 10.6. The van der Waals surface area contributed by atoms with E-state index in [2.05, 4.69) is 58.4 Å². The first-order chi connectivity index (χ1) is 14.9. The summed E-state index contributed by atoms with van der Waals surface area (Å²) in [7, 11) is 1.79. The fraction of sp³-hybridized carbons (Fsp3) is 0.320. The molecule has 4 rings (SSSR count). The van der Waals surface area contributed by atoms with Crippen LogP contribution in [0.5, 0.6) is 0 Å². The highest BCUT2D eigenvalue weighted by atomic mass is 19.4. The lowest BCUT2D eigenvalue weighted by Crippen LogP contribution is -2.32. The Kier molecular flexibility index (Phi) is 6.28. The summed E-state index contributed by atoms with van der Waals surface area (Å²) in [6.07, 6.45) is -0.243. The van der Waals surface area contributed by atoms with E-state index in [-0.39, 0.29) is 0 Å². The van der Waals surface area contributed by atoms with Gasteiger partial charge in [0, 0.05) is 33.2 Å². The maximum Gasteiger partial charge on any atom is 0.433 e. The van der Waals surface area contributed by atoms with Crippen LogP contribution >= 0.6 is 0 Å². The van der Waals surface area contributed by atoms with Crippen LogP contribution < -0.4 is 4.90 Å². The van der Waals surface area contributed by atoms with Gasteiger partial charge in [-0.25, -0.2) is 4.98 Å². The second kappa shape index (κ2) is 9.10. The van der Waals surface area contributed by atoms with E-state index >= 15 is 0 Å². The molecule has 1 aliphatic heterocycles. The van der Waals surface area contributed by atoms with Crippen LogP contribution in [0.3, 0.4) is 0 Å². The average Bonchev–Trinajstić information content (AvgIpc) is 2.79. The molecule has 2 heterocycles. The minimum Gasteiger partial charge on any atom is -0.360 e. The van der Waals surface area contributed by atoms with Gasteiger partial charge < -0.3 is 4.90 Å². The molecule has 0 spiro atoms. The Morgan fingerprint density at radius 1 is 1.00 bits per heavy atom. The van der Waals surface area contributed by atoms with Gasteiger partial charge in [0.05, 0.1) is 0 Å². The van der Waals surface area contributed by atoms with E-state index in [4.69, 9.17) is 0 Å². The van der Waals surface area contributed by atoms with Crippen LogP contribution in [0, 0.1) is 0 Å². The monoisotopic (exact) mass is 425 g/mol. The highest BCUT2D eigenvalue weighted by Gasteiger charge is 2.32. The van der Waals surface area contributed by atoms with Crippen molar-refractivity contribution in [2.24, 2.45) is 0 Å². The number of nitrogens with zero attached hydrogens (tertiary/aromatic N) is 3. The number of aromatic nitrogens is 1. The van der Waals surface area contributed by atoms with E-state index < -0.39 is 11.9 Å². The number of alkyl halides is 3. The zero-order valence-electron chi connectivity index (χ0n) is 17.6. The number of rotatable bonds is 6. The third-order valence-electron chi connectivity index (χ3n) is 5.81. The molecule has 2 aromatic carbocycles. The number of fused-ring (bicyclic) bond motifs is 1. The maximum atomic E-state index is 12.9. The van der Waals surface area contributed by atoms with E-state index in [1.807, 2.05) is 0 Å². The van der Waals surface area contributed by atoms with Gasteiger partial charge in [-0.1, -0.05) is 54.6 Å². The Morgan fingerprint density at radius 3 is 2.55 bits per heavy atom. The molecule has 1 aliphatic rings.